The van der Waals surface area contributed by atoms with Crippen molar-refractivity contribution < 1.29 is 35.0 Å². The second kappa shape index (κ2) is 17.8. The molecule has 0 unspecified atom stereocenters. The summed E-state index contributed by atoms with van der Waals surface area (Å²) in [6.07, 6.45) is 11.1. The van der Waals surface area contributed by atoms with Gasteiger partial charge in [0, 0.05) is 0 Å². The van der Waals surface area contributed by atoms with E-state index in [4.69, 9.17) is 15.2 Å². The van der Waals surface area contributed by atoms with E-state index in [-0.39, 0.29) is 6.61 Å². The summed E-state index contributed by atoms with van der Waals surface area (Å²) < 4.78 is 10.6. The minimum absolute atomic E-state index is 0.118. The van der Waals surface area contributed by atoms with Crippen LogP contribution in [0.25, 0.3) is 0 Å². The van der Waals surface area contributed by atoms with Crippen LogP contribution in [-0.2, 0) is 9.47 Å². The van der Waals surface area contributed by atoms with Crippen molar-refractivity contribution in [3.8, 4) is 0 Å². The predicted octanol–water partition coefficient (Wildman–Crippen LogP) is 1.75. The summed E-state index contributed by atoms with van der Waals surface area (Å²) >= 11 is 0. The number of rotatable bonds is 18. The van der Waals surface area contributed by atoms with Crippen molar-refractivity contribution in [3.05, 3.63) is 12.2 Å². The zero-order chi connectivity index (χ0) is 23.8. The van der Waals surface area contributed by atoms with E-state index in [1.165, 1.54) is 64.2 Å². The molecule has 1 heterocycles. The van der Waals surface area contributed by atoms with E-state index in [0.29, 0.717) is 0 Å². The molecule has 7 atom stereocenters. The molecule has 1 fully saturated rings. The Labute approximate surface area is 193 Å². The minimum atomic E-state index is -1.50. The molecule has 190 valence electrons. The molecular formula is C24H47NO7. The molecule has 1 aliphatic heterocycles. The Morgan fingerprint density at radius 1 is 0.875 bits per heavy atom. The molecule has 0 aromatic heterocycles. The maximum atomic E-state index is 10.2. The maximum Gasteiger partial charge on any atom is 0.186 e. The van der Waals surface area contributed by atoms with Gasteiger partial charge in [-0.05, 0) is 12.8 Å². The fourth-order valence-electron chi connectivity index (χ4n) is 3.81. The molecule has 0 spiro atoms. The zero-order valence-corrected chi connectivity index (χ0v) is 19.7. The normalized spacial score (nSPS) is 28.3. The molecule has 0 aromatic rings. The molecule has 0 aliphatic carbocycles. The van der Waals surface area contributed by atoms with Gasteiger partial charge in [0.1, 0.15) is 24.4 Å². The van der Waals surface area contributed by atoms with Crippen LogP contribution < -0.4 is 5.73 Å². The van der Waals surface area contributed by atoms with Crippen LogP contribution in [0.3, 0.4) is 0 Å². The summed E-state index contributed by atoms with van der Waals surface area (Å²) in [6.45, 7) is 1.60. The lowest BCUT2D eigenvalue weighted by Crippen LogP contribution is -2.59. The summed E-state index contributed by atoms with van der Waals surface area (Å²) in [4.78, 5) is 0. The standard InChI is InChI=1S/C24H47NO7/c1-2-3-4-5-6-7-8-9-10-11-12-13-14-15-19(27)18(25)17-31-24-23(30)22(29)21(28)20(16-26)32-24/h14-15,18-24,26-30H,2-13,16-17,25H2,1H3/b15-14+/t18-,19+,20-,21+,22+,23-,24+/m0/s1. The summed E-state index contributed by atoms with van der Waals surface area (Å²) in [5.74, 6) is 0. The van der Waals surface area contributed by atoms with Gasteiger partial charge in [0.2, 0.25) is 0 Å². The van der Waals surface area contributed by atoms with Gasteiger partial charge < -0.3 is 40.7 Å². The third-order valence-corrected chi connectivity index (χ3v) is 6.05. The predicted molar refractivity (Wildman–Crippen MR) is 124 cm³/mol. The summed E-state index contributed by atoms with van der Waals surface area (Å²) in [5.41, 5.74) is 5.93. The van der Waals surface area contributed by atoms with Gasteiger partial charge in [-0.1, -0.05) is 83.3 Å². The van der Waals surface area contributed by atoms with Gasteiger partial charge in [-0.3, -0.25) is 0 Å². The summed E-state index contributed by atoms with van der Waals surface area (Å²) in [7, 11) is 0. The molecule has 8 heteroatoms. The Balaban J connectivity index is 2.10. The van der Waals surface area contributed by atoms with Crippen LogP contribution in [0.2, 0.25) is 0 Å². The van der Waals surface area contributed by atoms with Gasteiger partial charge in [0.25, 0.3) is 0 Å². The van der Waals surface area contributed by atoms with Crippen LogP contribution in [0.15, 0.2) is 12.2 Å². The van der Waals surface area contributed by atoms with Crippen molar-refractivity contribution >= 4 is 0 Å². The topological polar surface area (TPSA) is 146 Å². The largest absolute Gasteiger partial charge is 0.394 e. The highest BCUT2D eigenvalue weighted by molar-refractivity contribution is 4.94. The molecule has 0 bridgehead atoms. The highest BCUT2D eigenvalue weighted by Gasteiger charge is 2.44. The van der Waals surface area contributed by atoms with E-state index >= 15 is 0 Å². The highest BCUT2D eigenvalue weighted by Crippen LogP contribution is 2.22. The number of hydrogen-bond donors (Lipinski definition) is 6. The first-order valence-electron chi connectivity index (χ1n) is 12.4. The monoisotopic (exact) mass is 461 g/mol. The van der Waals surface area contributed by atoms with Crippen molar-refractivity contribution in [2.75, 3.05) is 13.2 Å². The van der Waals surface area contributed by atoms with E-state index in [1.807, 2.05) is 6.08 Å². The molecule has 8 nitrogen and oxygen atoms in total. The van der Waals surface area contributed by atoms with E-state index < -0.39 is 49.5 Å². The first-order chi connectivity index (χ1) is 15.4. The van der Waals surface area contributed by atoms with Gasteiger partial charge in [-0.15, -0.1) is 0 Å². The molecular weight excluding hydrogens is 414 g/mol. The molecule has 0 amide bonds. The summed E-state index contributed by atoms with van der Waals surface area (Å²) in [6, 6.07) is -0.740. The van der Waals surface area contributed by atoms with Crippen LogP contribution in [0, 0.1) is 0 Å². The van der Waals surface area contributed by atoms with Gasteiger partial charge in [0.05, 0.1) is 25.4 Å². The Morgan fingerprint density at radius 2 is 1.44 bits per heavy atom. The van der Waals surface area contributed by atoms with Crippen molar-refractivity contribution in [1.82, 2.24) is 0 Å². The summed E-state index contributed by atoms with van der Waals surface area (Å²) in [5, 5.41) is 48.8. The Bertz CT molecular complexity index is 477. The Kier molecular flexibility index (Phi) is 16.4. The molecule has 0 saturated carbocycles. The van der Waals surface area contributed by atoms with Crippen LogP contribution in [-0.4, -0.2) is 81.6 Å². The number of aliphatic hydroxyl groups excluding tert-OH is 5. The van der Waals surface area contributed by atoms with E-state index in [0.717, 1.165) is 12.8 Å². The lowest BCUT2D eigenvalue weighted by Gasteiger charge is -2.39. The molecule has 0 radical (unpaired) electrons. The fraction of sp³-hybridized carbons (Fsp3) is 0.917. The zero-order valence-electron chi connectivity index (χ0n) is 19.7. The highest BCUT2D eigenvalue weighted by atomic mass is 16.7. The first-order valence-corrected chi connectivity index (χ1v) is 12.4. The van der Waals surface area contributed by atoms with Crippen molar-refractivity contribution in [2.24, 2.45) is 5.73 Å². The Hall–Kier alpha value is -0.580. The van der Waals surface area contributed by atoms with E-state index in [9.17, 15) is 25.5 Å². The van der Waals surface area contributed by atoms with Gasteiger partial charge in [0.15, 0.2) is 6.29 Å². The average molecular weight is 462 g/mol. The number of ether oxygens (including phenoxy) is 2. The third-order valence-electron chi connectivity index (χ3n) is 6.05. The fourth-order valence-corrected chi connectivity index (χ4v) is 3.81. The quantitative estimate of drug-likeness (QED) is 0.134. The number of hydrogen-bond acceptors (Lipinski definition) is 8. The van der Waals surface area contributed by atoms with E-state index in [1.54, 1.807) is 6.08 Å². The smallest absolute Gasteiger partial charge is 0.186 e. The average Bonchev–Trinajstić information content (AvgIpc) is 2.79. The van der Waals surface area contributed by atoms with Gasteiger partial charge >= 0.3 is 0 Å². The van der Waals surface area contributed by atoms with Crippen LogP contribution in [0.4, 0.5) is 0 Å². The molecule has 0 aromatic carbocycles. The molecule has 1 rings (SSSR count). The molecule has 1 aliphatic rings. The lowest BCUT2D eigenvalue weighted by atomic mass is 9.99. The molecule has 7 N–H and O–H groups in total. The van der Waals surface area contributed by atoms with Crippen LogP contribution in [0.1, 0.15) is 84.0 Å². The van der Waals surface area contributed by atoms with Crippen LogP contribution >= 0.6 is 0 Å². The number of allylic oxidation sites excluding steroid dienone is 1. The minimum Gasteiger partial charge on any atom is -0.394 e. The maximum absolute atomic E-state index is 10.2. The number of aliphatic hydroxyl groups is 5. The van der Waals surface area contributed by atoms with E-state index in [2.05, 4.69) is 6.92 Å². The lowest BCUT2D eigenvalue weighted by molar-refractivity contribution is -0.302. The SMILES string of the molecule is CCCCCCCCCCCCC/C=C/[C@@H](O)[C@@H](N)CO[C@@H]1O[C@@H](CO)[C@@H](O)[C@@H](O)[C@@H]1O. The van der Waals surface area contributed by atoms with Gasteiger partial charge in [-0.2, -0.15) is 0 Å². The Morgan fingerprint density at radius 3 is 2.00 bits per heavy atom. The van der Waals surface area contributed by atoms with Crippen molar-refractivity contribution in [3.63, 3.8) is 0 Å². The number of unbranched alkanes of at least 4 members (excludes halogenated alkanes) is 11. The second-order valence-corrected chi connectivity index (χ2v) is 8.94. The molecule has 32 heavy (non-hydrogen) atoms. The third kappa shape index (κ3) is 11.5. The second-order valence-electron chi connectivity index (χ2n) is 8.94. The van der Waals surface area contributed by atoms with Crippen molar-refractivity contribution in [1.29, 1.82) is 0 Å². The molecule has 1 saturated heterocycles. The van der Waals surface area contributed by atoms with Gasteiger partial charge in [-0.25, -0.2) is 0 Å². The van der Waals surface area contributed by atoms with Crippen LogP contribution in [0.5, 0.6) is 0 Å². The number of nitrogens with two attached hydrogens (primary N) is 1. The first kappa shape index (κ1) is 29.5. The van der Waals surface area contributed by atoms with Crippen molar-refractivity contribution in [2.45, 2.75) is 127 Å².